The second-order valence-corrected chi connectivity index (χ2v) is 7.50. The van der Waals surface area contributed by atoms with E-state index in [0.717, 1.165) is 16.7 Å². The molecule has 0 radical (unpaired) electrons. The number of carbonyl (C=O) groups is 3. The normalized spacial score (nSPS) is 15.1. The highest BCUT2D eigenvalue weighted by Gasteiger charge is 2.28. The Labute approximate surface area is 172 Å². The van der Waals surface area contributed by atoms with Crippen molar-refractivity contribution in [2.75, 3.05) is 14.1 Å². The number of aromatic carboxylic acids is 1. The van der Waals surface area contributed by atoms with Crippen molar-refractivity contribution in [1.29, 1.82) is 0 Å². The predicted molar refractivity (Wildman–Crippen MR) is 108 cm³/mol. The summed E-state index contributed by atoms with van der Waals surface area (Å²) in [5.41, 5.74) is 3.66. The van der Waals surface area contributed by atoms with Crippen LogP contribution in [-0.2, 0) is 6.42 Å². The van der Waals surface area contributed by atoms with Gasteiger partial charge in [0.1, 0.15) is 11.4 Å². The molecule has 0 unspecified atom stereocenters. The number of aromatic nitrogens is 3. The summed E-state index contributed by atoms with van der Waals surface area (Å²) in [6.45, 7) is 1.79. The summed E-state index contributed by atoms with van der Waals surface area (Å²) in [5.74, 6) is -1.65. The molecule has 0 spiro atoms. The van der Waals surface area contributed by atoms with E-state index >= 15 is 0 Å². The number of nitrogens with zero attached hydrogens (tertiary/aromatic N) is 4. The van der Waals surface area contributed by atoms with Crippen molar-refractivity contribution in [3.63, 3.8) is 0 Å². The Morgan fingerprint density at radius 3 is 2.70 bits per heavy atom. The van der Waals surface area contributed by atoms with E-state index in [0.29, 0.717) is 18.5 Å². The maximum absolute atomic E-state index is 13.1. The Kier molecular flexibility index (Phi) is 4.73. The molecular formula is C21H21N5O4. The molecule has 0 saturated carbocycles. The summed E-state index contributed by atoms with van der Waals surface area (Å²) in [6.07, 6.45) is 2.87. The van der Waals surface area contributed by atoms with Crippen LogP contribution < -0.4 is 5.32 Å². The minimum atomic E-state index is -0.960. The molecule has 0 aliphatic heterocycles. The van der Waals surface area contributed by atoms with Gasteiger partial charge in [0.05, 0.1) is 17.8 Å². The van der Waals surface area contributed by atoms with Crippen molar-refractivity contribution in [2.45, 2.75) is 25.8 Å². The molecule has 2 N–H and O–H groups in total. The van der Waals surface area contributed by atoms with E-state index in [1.54, 1.807) is 39.2 Å². The third-order valence-electron chi connectivity index (χ3n) is 5.45. The third kappa shape index (κ3) is 3.18. The Bertz CT molecular complexity index is 1200. The number of carbonyl (C=O) groups excluding carboxylic acids is 2. The zero-order chi connectivity index (χ0) is 21.6. The van der Waals surface area contributed by atoms with Gasteiger partial charge in [-0.15, -0.1) is 0 Å². The fourth-order valence-corrected chi connectivity index (χ4v) is 3.91. The number of fused-ring (bicyclic) bond motifs is 2. The number of hydrogen-bond acceptors (Lipinski definition) is 5. The second-order valence-electron chi connectivity index (χ2n) is 7.50. The van der Waals surface area contributed by atoms with Gasteiger partial charge in [-0.05, 0) is 42.5 Å². The maximum Gasteiger partial charge on any atom is 0.335 e. The lowest BCUT2D eigenvalue weighted by molar-refractivity contribution is 0.0695. The number of nitrogens with one attached hydrogen (secondary N) is 1. The first-order valence-electron chi connectivity index (χ1n) is 9.51. The summed E-state index contributed by atoms with van der Waals surface area (Å²) in [4.78, 5) is 42.5. The largest absolute Gasteiger partial charge is 0.478 e. The molecule has 2 aromatic heterocycles. The average Bonchev–Trinajstić information content (AvgIpc) is 3.33. The summed E-state index contributed by atoms with van der Waals surface area (Å²) in [5, 5.41) is 16.5. The van der Waals surface area contributed by atoms with Gasteiger partial charge in [0, 0.05) is 26.2 Å². The molecule has 4 rings (SSSR count). The zero-order valence-electron chi connectivity index (χ0n) is 16.8. The van der Waals surface area contributed by atoms with E-state index in [-0.39, 0.29) is 34.8 Å². The van der Waals surface area contributed by atoms with Crippen LogP contribution in [0.2, 0.25) is 0 Å². The molecule has 3 aromatic rings. The van der Waals surface area contributed by atoms with Crippen LogP contribution in [0, 0.1) is 6.92 Å². The van der Waals surface area contributed by atoms with Crippen LogP contribution in [0.25, 0.3) is 5.65 Å². The quantitative estimate of drug-likeness (QED) is 0.682. The zero-order valence-corrected chi connectivity index (χ0v) is 16.8. The number of benzene rings is 1. The van der Waals surface area contributed by atoms with Crippen LogP contribution in [0.5, 0.6) is 0 Å². The van der Waals surface area contributed by atoms with E-state index in [1.807, 2.05) is 0 Å². The number of carboxylic acid groups (broad SMARTS) is 1. The average molecular weight is 407 g/mol. The summed E-state index contributed by atoms with van der Waals surface area (Å²) in [6, 6.07) is 6.16. The first kappa shape index (κ1) is 19.6. The summed E-state index contributed by atoms with van der Waals surface area (Å²) >= 11 is 0. The Balaban J connectivity index is 1.67. The smallest absolute Gasteiger partial charge is 0.335 e. The minimum Gasteiger partial charge on any atom is -0.478 e. The molecule has 9 heteroatoms. The van der Waals surface area contributed by atoms with E-state index in [1.165, 1.54) is 21.7 Å². The van der Waals surface area contributed by atoms with Gasteiger partial charge < -0.3 is 15.3 Å². The fourth-order valence-electron chi connectivity index (χ4n) is 3.91. The van der Waals surface area contributed by atoms with Gasteiger partial charge >= 0.3 is 5.97 Å². The van der Waals surface area contributed by atoms with E-state index in [9.17, 15) is 19.5 Å². The second kappa shape index (κ2) is 7.25. The highest BCUT2D eigenvalue weighted by atomic mass is 16.4. The molecule has 0 fully saturated rings. The molecule has 0 saturated heterocycles. The van der Waals surface area contributed by atoms with Crippen LogP contribution in [0.3, 0.4) is 0 Å². The van der Waals surface area contributed by atoms with Crippen molar-refractivity contribution in [1.82, 2.24) is 24.8 Å². The Morgan fingerprint density at radius 2 is 2.00 bits per heavy atom. The van der Waals surface area contributed by atoms with Gasteiger partial charge in [0.25, 0.3) is 11.8 Å². The molecule has 9 nitrogen and oxygen atoms in total. The van der Waals surface area contributed by atoms with Crippen molar-refractivity contribution >= 4 is 23.4 Å². The molecule has 1 aliphatic carbocycles. The molecule has 1 aliphatic rings. The van der Waals surface area contributed by atoms with Crippen molar-refractivity contribution in [3.8, 4) is 0 Å². The molecule has 30 heavy (non-hydrogen) atoms. The maximum atomic E-state index is 13.1. The van der Waals surface area contributed by atoms with E-state index < -0.39 is 5.97 Å². The van der Waals surface area contributed by atoms with Gasteiger partial charge in [-0.1, -0.05) is 6.07 Å². The van der Waals surface area contributed by atoms with Crippen LogP contribution >= 0.6 is 0 Å². The number of hydrogen-bond donors (Lipinski definition) is 2. The predicted octanol–water partition coefficient (Wildman–Crippen LogP) is 1.86. The molecule has 154 valence electrons. The number of amides is 2. The number of rotatable bonds is 4. The SMILES string of the molecule is Cc1c(C(=O)O)ccc2c1CC[C@@H]2NC(=O)c1cc(C(=O)N(C)C)nc2ccnn12. The highest BCUT2D eigenvalue weighted by Crippen LogP contribution is 2.34. The number of carboxylic acids is 1. The summed E-state index contributed by atoms with van der Waals surface area (Å²) in [7, 11) is 3.24. The van der Waals surface area contributed by atoms with Crippen molar-refractivity contribution < 1.29 is 19.5 Å². The summed E-state index contributed by atoms with van der Waals surface area (Å²) < 4.78 is 1.40. The third-order valence-corrected chi connectivity index (χ3v) is 5.45. The fraction of sp³-hybridized carbons (Fsp3) is 0.286. The molecule has 2 heterocycles. The first-order valence-corrected chi connectivity index (χ1v) is 9.51. The molecule has 0 bridgehead atoms. The van der Waals surface area contributed by atoms with Crippen LogP contribution in [0.15, 0.2) is 30.5 Å². The van der Waals surface area contributed by atoms with Gasteiger partial charge in [0.2, 0.25) is 0 Å². The van der Waals surface area contributed by atoms with Crippen molar-refractivity contribution in [2.24, 2.45) is 0 Å². The monoisotopic (exact) mass is 407 g/mol. The van der Waals surface area contributed by atoms with Gasteiger partial charge in [-0.3, -0.25) is 9.59 Å². The van der Waals surface area contributed by atoms with E-state index in [4.69, 9.17) is 0 Å². The lowest BCUT2D eigenvalue weighted by Crippen LogP contribution is -2.30. The molecule has 1 atom stereocenters. The standard InChI is InChI=1S/C21H21N5O4/c1-11-12-6-7-15(14(12)5-4-13(11)21(29)30)24-19(27)17-10-16(20(28)25(2)3)23-18-8-9-22-26(17)18/h4-5,8-10,15H,6-7H2,1-3H3,(H,24,27)(H,29,30)/t15-/m0/s1. The molecule has 2 amide bonds. The van der Waals surface area contributed by atoms with Crippen LogP contribution in [0.4, 0.5) is 0 Å². The minimum absolute atomic E-state index is 0.159. The van der Waals surface area contributed by atoms with E-state index in [2.05, 4.69) is 15.4 Å². The Hall–Kier alpha value is -3.75. The van der Waals surface area contributed by atoms with Crippen LogP contribution in [-0.4, -0.2) is 56.5 Å². The molecule has 1 aromatic carbocycles. The van der Waals surface area contributed by atoms with Gasteiger partial charge in [0.15, 0.2) is 5.65 Å². The Morgan fingerprint density at radius 1 is 1.23 bits per heavy atom. The molecular weight excluding hydrogens is 386 g/mol. The highest BCUT2D eigenvalue weighted by molar-refractivity contribution is 5.98. The first-order chi connectivity index (χ1) is 14.3. The van der Waals surface area contributed by atoms with Gasteiger partial charge in [-0.25, -0.2) is 14.3 Å². The van der Waals surface area contributed by atoms with Crippen LogP contribution in [0.1, 0.15) is 60.5 Å². The van der Waals surface area contributed by atoms with Crippen molar-refractivity contribution in [3.05, 3.63) is 64.1 Å². The van der Waals surface area contributed by atoms with Gasteiger partial charge in [-0.2, -0.15) is 5.10 Å². The lowest BCUT2D eigenvalue weighted by Gasteiger charge is -2.16. The topological polar surface area (TPSA) is 117 Å². The lowest BCUT2D eigenvalue weighted by atomic mass is 9.98.